The zero-order valence-electron chi connectivity index (χ0n) is 20.3. The van der Waals surface area contributed by atoms with Crippen molar-refractivity contribution in [2.24, 2.45) is 11.7 Å². The van der Waals surface area contributed by atoms with Gasteiger partial charge in [-0.2, -0.15) is 0 Å². The van der Waals surface area contributed by atoms with Crippen LogP contribution in [0.4, 0.5) is 8.78 Å². The monoisotopic (exact) mass is 536 g/mol. The third-order valence-corrected chi connectivity index (χ3v) is 5.51. The van der Waals surface area contributed by atoms with Gasteiger partial charge in [0.05, 0.1) is 18.9 Å². The number of methoxy groups -OCH3 is 1. The van der Waals surface area contributed by atoms with Crippen LogP contribution in [0.1, 0.15) is 41.0 Å². The van der Waals surface area contributed by atoms with Gasteiger partial charge in [-0.3, -0.25) is 20.6 Å². The molecule has 2 aromatic rings. The molecule has 2 aromatic heterocycles. The average molecular weight is 537 g/mol. The maximum Gasteiger partial charge on any atom is 0.280 e. The molecule has 0 atom stereocenters. The van der Waals surface area contributed by atoms with E-state index in [-0.39, 0.29) is 44.9 Å². The Bertz CT molecular complexity index is 1410. The summed E-state index contributed by atoms with van der Waals surface area (Å²) in [5.74, 6) is 11.0. The van der Waals surface area contributed by atoms with E-state index in [1.165, 1.54) is 25.6 Å². The summed E-state index contributed by atoms with van der Waals surface area (Å²) in [5.41, 5.74) is 5.39. The molecule has 0 saturated heterocycles. The van der Waals surface area contributed by atoms with Gasteiger partial charge in [0.1, 0.15) is 22.2 Å². The number of aromatic nitrogens is 2. The molecule has 2 heterocycles. The number of carbonyl (C=O) groups is 1. The fourth-order valence-electron chi connectivity index (χ4n) is 2.97. The van der Waals surface area contributed by atoms with E-state index in [9.17, 15) is 13.6 Å². The third kappa shape index (κ3) is 8.25. The zero-order chi connectivity index (χ0) is 27.5. The van der Waals surface area contributed by atoms with Crippen molar-refractivity contribution in [3.05, 3.63) is 53.8 Å². The maximum atomic E-state index is 13.4. The lowest BCUT2D eigenvalue weighted by atomic mass is 9.99. The molecule has 1 saturated carbocycles. The predicted molar refractivity (Wildman–Crippen MR) is 142 cm³/mol. The molecule has 3 rings (SSSR count). The molecule has 38 heavy (non-hydrogen) atoms. The van der Waals surface area contributed by atoms with E-state index in [4.69, 9.17) is 21.3 Å². The number of nitrogens with zero attached hydrogens (tertiary/aromatic N) is 2. The van der Waals surface area contributed by atoms with Crippen LogP contribution in [0.2, 0.25) is 0 Å². The van der Waals surface area contributed by atoms with Crippen LogP contribution in [-0.4, -0.2) is 46.0 Å². The largest absolute Gasteiger partial charge is 0.494 e. The quantitative estimate of drug-likeness (QED) is 0.216. The van der Waals surface area contributed by atoms with E-state index in [2.05, 4.69) is 44.0 Å². The van der Waals surface area contributed by atoms with Crippen LogP contribution in [0.3, 0.4) is 0 Å². The summed E-state index contributed by atoms with van der Waals surface area (Å²) in [6.07, 6.45) is 6.10. The summed E-state index contributed by atoms with van der Waals surface area (Å²) in [5, 5.41) is 18.0. The van der Waals surface area contributed by atoms with Crippen LogP contribution in [0.5, 0.6) is 5.75 Å². The number of allylic oxidation sites excluding steroid dienone is 1. The first kappa shape index (κ1) is 28.0. The number of rotatable bonds is 6. The van der Waals surface area contributed by atoms with Crippen molar-refractivity contribution in [3.8, 4) is 40.6 Å². The van der Waals surface area contributed by atoms with Crippen molar-refractivity contribution in [3.63, 3.8) is 0 Å². The van der Waals surface area contributed by atoms with E-state index >= 15 is 0 Å². The number of amides is 1. The molecule has 0 unspecified atom stereocenters. The van der Waals surface area contributed by atoms with Crippen LogP contribution < -0.4 is 20.8 Å². The zero-order valence-corrected chi connectivity index (χ0v) is 21.1. The van der Waals surface area contributed by atoms with Crippen molar-refractivity contribution in [2.75, 3.05) is 13.7 Å². The first-order valence-electron chi connectivity index (χ1n) is 11.2. The third-order valence-electron chi connectivity index (χ3n) is 4.90. The van der Waals surface area contributed by atoms with E-state index in [1.54, 1.807) is 12.3 Å². The maximum absolute atomic E-state index is 13.4. The summed E-state index contributed by atoms with van der Waals surface area (Å²) in [6, 6.07) is 2.60. The lowest BCUT2D eigenvalue weighted by molar-refractivity contribution is -0.435. The summed E-state index contributed by atoms with van der Waals surface area (Å²) in [4.78, 5) is 23.9. The van der Waals surface area contributed by atoms with Gasteiger partial charge in [-0.05, 0) is 60.7 Å². The number of hydrogen-bond acceptors (Lipinski definition) is 8. The first-order valence-corrected chi connectivity index (χ1v) is 12.1. The number of carbonyl (C=O) groups excluding carboxylic acids is 1. The molecule has 0 radical (unpaired) electrons. The van der Waals surface area contributed by atoms with Crippen molar-refractivity contribution in [2.45, 2.75) is 19.3 Å². The van der Waals surface area contributed by atoms with Crippen LogP contribution in [0.25, 0.3) is 11.1 Å². The molecule has 0 aromatic carbocycles. The number of halogens is 2. The molecular weight excluding hydrogens is 512 g/mol. The van der Waals surface area contributed by atoms with Crippen LogP contribution >= 0.6 is 11.8 Å². The second-order valence-electron chi connectivity index (χ2n) is 7.72. The van der Waals surface area contributed by atoms with E-state index < -0.39 is 18.0 Å². The van der Waals surface area contributed by atoms with Gasteiger partial charge in [-0.25, -0.2) is 18.8 Å². The molecular formula is C26H24F2N7O2S+. The normalized spacial score (nSPS) is 12.5. The fraction of sp³-hybridized carbons (Fsp3) is 0.231. The number of nitrogens with one attached hydrogen (secondary N) is 4. The summed E-state index contributed by atoms with van der Waals surface area (Å²) >= 11 is 0.692. The molecule has 12 heteroatoms. The number of amidine groups is 1. The van der Waals surface area contributed by atoms with Gasteiger partial charge in [0.15, 0.2) is 11.4 Å². The molecule has 1 aliphatic rings. The number of ether oxygens (including phenoxy) is 1. The molecule has 0 bridgehead atoms. The molecule has 0 aliphatic heterocycles. The van der Waals surface area contributed by atoms with Gasteiger partial charge in [0.2, 0.25) is 6.54 Å². The minimum Gasteiger partial charge on any atom is -0.494 e. The standard InChI is InChI=1S/C26H23F2N7O2S/c1-37-22-15-34-21(24(27)28)13-19(22)18-12-17(4-2-10-32-11-3-9-29)33-14-20(18)25(36)35-26(31)38-23(30)8-7-16-5-6-16/h3,9,11-16,24,30H,5-6,10,29H2,1H3,(H2,31,35,36)/p+1/b9-3-,30-23?,32-11?. The highest BCUT2D eigenvalue weighted by Crippen LogP contribution is 2.34. The highest BCUT2D eigenvalue weighted by Gasteiger charge is 2.22. The minimum absolute atomic E-state index is 0.0132. The van der Waals surface area contributed by atoms with Crippen LogP contribution in [0, 0.1) is 40.4 Å². The SMILES string of the molecule is COc1cnc(C(F)F)cc1-c1cc(C#CC[NH+]=C/C=C\N)ncc1C(=O)NC(=N)SC(=N)C#CC1CC1. The van der Waals surface area contributed by atoms with Crippen molar-refractivity contribution >= 4 is 34.1 Å². The topological polar surface area (TPSA) is 152 Å². The Labute approximate surface area is 222 Å². The lowest BCUT2D eigenvalue weighted by Gasteiger charge is -2.14. The Morgan fingerprint density at radius 3 is 2.79 bits per heavy atom. The van der Waals surface area contributed by atoms with Gasteiger partial charge in [-0.1, -0.05) is 5.92 Å². The summed E-state index contributed by atoms with van der Waals surface area (Å²) in [7, 11) is 1.35. The molecule has 194 valence electrons. The fourth-order valence-corrected chi connectivity index (χ4v) is 3.42. The van der Waals surface area contributed by atoms with Crippen molar-refractivity contribution < 1.29 is 23.3 Å². The molecule has 9 nitrogen and oxygen atoms in total. The average Bonchev–Trinajstić information content (AvgIpc) is 3.73. The van der Waals surface area contributed by atoms with Gasteiger partial charge in [0.25, 0.3) is 12.3 Å². The minimum atomic E-state index is -2.85. The highest BCUT2D eigenvalue weighted by atomic mass is 32.2. The predicted octanol–water partition coefficient (Wildman–Crippen LogP) is 1.85. The second kappa shape index (κ2) is 13.7. The Balaban J connectivity index is 1.94. The van der Waals surface area contributed by atoms with Gasteiger partial charge >= 0.3 is 0 Å². The van der Waals surface area contributed by atoms with E-state index in [0.717, 1.165) is 25.1 Å². The lowest BCUT2D eigenvalue weighted by Crippen LogP contribution is -2.68. The molecule has 0 spiro atoms. The van der Waals surface area contributed by atoms with Crippen molar-refractivity contribution in [1.82, 2.24) is 15.3 Å². The highest BCUT2D eigenvalue weighted by molar-refractivity contribution is 8.26. The number of pyridine rings is 2. The first-order chi connectivity index (χ1) is 18.3. The molecule has 1 aliphatic carbocycles. The van der Waals surface area contributed by atoms with Crippen molar-refractivity contribution in [1.29, 1.82) is 10.8 Å². The van der Waals surface area contributed by atoms with Crippen LogP contribution in [0.15, 0.2) is 36.8 Å². The van der Waals surface area contributed by atoms with Gasteiger partial charge in [-0.15, -0.1) is 0 Å². The Morgan fingerprint density at radius 1 is 1.32 bits per heavy atom. The number of alkyl halides is 2. The number of thioether (sulfide) groups is 1. The number of hydrogen-bond donors (Lipinski definition) is 5. The van der Waals surface area contributed by atoms with E-state index in [0.29, 0.717) is 17.7 Å². The molecule has 1 fully saturated rings. The van der Waals surface area contributed by atoms with E-state index in [1.807, 2.05) is 0 Å². The Kier molecular flexibility index (Phi) is 10.1. The number of nitrogens with two attached hydrogens (primary N) is 1. The van der Waals surface area contributed by atoms with Gasteiger partial charge in [0, 0.05) is 29.3 Å². The van der Waals surface area contributed by atoms with Gasteiger partial charge < -0.3 is 15.8 Å². The molecule has 1 amide bonds. The second-order valence-corrected chi connectivity index (χ2v) is 8.74. The molecule has 6 N–H and O–H groups in total. The summed E-state index contributed by atoms with van der Waals surface area (Å²) in [6.45, 7) is 0.279. The Hall–Kier alpha value is -4.55. The summed E-state index contributed by atoms with van der Waals surface area (Å²) < 4.78 is 32.2. The smallest absolute Gasteiger partial charge is 0.280 e. The Morgan fingerprint density at radius 2 is 2.11 bits per heavy atom. The van der Waals surface area contributed by atoms with Crippen LogP contribution in [-0.2, 0) is 0 Å².